The predicted octanol–water partition coefficient (Wildman–Crippen LogP) is 6.03. The molecule has 0 bridgehead atoms. The zero-order valence-electron chi connectivity index (χ0n) is 16.0. The van der Waals surface area contributed by atoms with E-state index in [2.05, 4.69) is 12.2 Å². The molecule has 0 aliphatic heterocycles. The number of anilines is 1. The average molecular weight is 404 g/mol. The van der Waals surface area contributed by atoms with Gasteiger partial charge in [0.2, 0.25) is 0 Å². The first kappa shape index (κ1) is 19.0. The largest absolute Gasteiger partial charge is 0.508 e. The van der Waals surface area contributed by atoms with Gasteiger partial charge in [0.1, 0.15) is 11.5 Å². The molecule has 0 aliphatic rings. The lowest BCUT2D eigenvalue weighted by molar-refractivity contribution is 0.104. The van der Waals surface area contributed by atoms with E-state index in [1.165, 1.54) is 11.3 Å². The summed E-state index contributed by atoms with van der Waals surface area (Å²) in [5.41, 5.74) is 3.07. The van der Waals surface area contributed by atoms with Gasteiger partial charge in [-0.05, 0) is 78.7 Å². The van der Waals surface area contributed by atoms with E-state index < -0.39 is 0 Å². The quantitative estimate of drug-likeness (QED) is 0.344. The Hall–Kier alpha value is -3.31. The number of ketones is 1. The summed E-state index contributed by atoms with van der Waals surface area (Å²) < 4.78 is 0.845. The number of nitrogens with one attached hydrogen (secondary N) is 1. The molecule has 1 heterocycles. The first-order valence-electron chi connectivity index (χ1n) is 9.50. The Bertz CT molecular complexity index is 1160. The molecule has 4 aromatic rings. The fourth-order valence-electron chi connectivity index (χ4n) is 3.28. The molecular weight excluding hydrogens is 382 g/mol. The highest BCUT2D eigenvalue weighted by Crippen LogP contribution is 2.41. The van der Waals surface area contributed by atoms with E-state index in [0.717, 1.165) is 39.2 Å². The predicted molar refractivity (Wildman–Crippen MR) is 119 cm³/mol. The van der Waals surface area contributed by atoms with E-state index in [1.54, 1.807) is 42.5 Å². The van der Waals surface area contributed by atoms with Gasteiger partial charge in [0.15, 0.2) is 5.78 Å². The molecule has 0 aliphatic carbocycles. The van der Waals surface area contributed by atoms with Crippen LogP contribution in [0.1, 0.15) is 29.3 Å². The van der Waals surface area contributed by atoms with Gasteiger partial charge >= 0.3 is 0 Å². The fourth-order valence-corrected chi connectivity index (χ4v) is 4.52. The summed E-state index contributed by atoms with van der Waals surface area (Å²) in [5.74, 6) is 0.281. The van der Waals surface area contributed by atoms with E-state index in [9.17, 15) is 15.0 Å². The minimum atomic E-state index is -0.0629. The Morgan fingerprint density at radius 3 is 2.31 bits per heavy atom. The van der Waals surface area contributed by atoms with Crippen LogP contribution in [0.2, 0.25) is 0 Å². The maximum absolute atomic E-state index is 13.5. The van der Waals surface area contributed by atoms with E-state index in [4.69, 9.17) is 0 Å². The number of thiophene rings is 1. The van der Waals surface area contributed by atoms with Gasteiger partial charge in [-0.3, -0.25) is 4.79 Å². The van der Waals surface area contributed by atoms with Crippen LogP contribution in [0.3, 0.4) is 0 Å². The van der Waals surface area contributed by atoms with Crippen molar-refractivity contribution in [3.8, 4) is 21.9 Å². The van der Waals surface area contributed by atoms with Crippen LogP contribution in [0.15, 0.2) is 66.7 Å². The summed E-state index contributed by atoms with van der Waals surface area (Å²) in [6.07, 6.45) is 1.03. The van der Waals surface area contributed by atoms with Crippen LogP contribution in [0, 0.1) is 0 Å². The minimum absolute atomic E-state index is 0.0629. The lowest BCUT2D eigenvalue weighted by atomic mass is 9.97. The van der Waals surface area contributed by atoms with Crippen molar-refractivity contribution in [3.05, 3.63) is 77.9 Å². The SMILES string of the molecule is CCCNc1ccc(C(=O)c2c(-c3ccc(O)cc3)sc3cc(O)ccc23)cc1. The number of carbonyl (C=O) groups is 1. The van der Waals surface area contributed by atoms with Gasteiger partial charge in [-0.1, -0.05) is 6.92 Å². The number of phenols is 2. The lowest BCUT2D eigenvalue weighted by Crippen LogP contribution is -2.03. The number of rotatable bonds is 6. The van der Waals surface area contributed by atoms with Crippen LogP contribution in [0.4, 0.5) is 5.69 Å². The molecule has 0 radical (unpaired) electrons. The highest BCUT2D eigenvalue weighted by Gasteiger charge is 2.21. The molecule has 0 saturated carbocycles. The molecule has 4 rings (SSSR count). The monoisotopic (exact) mass is 403 g/mol. The molecule has 0 spiro atoms. The third-order valence-corrected chi connectivity index (χ3v) is 5.96. The van der Waals surface area contributed by atoms with Gasteiger partial charge in [0, 0.05) is 38.3 Å². The molecule has 4 nitrogen and oxygen atoms in total. The third kappa shape index (κ3) is 3.82. The first-order chi connectivity index (χ1) is 14.1. The van der Waals surface area contributed by atoms with Crippen molar-refractivity contribution in [1.29, 1.82) is 0 Å². The summed E-state index contributed by atoms with van der Waals surface area (Å²) in [5, 5.41) is 23.6. The number of fused-ring (bicyclic) bond motifs is 1. The molecular formula is C24H21NO3S. The second-order valence-electron chi connectivity index (χ2n) is 6.87. The number of aromatic hydroxyl groups is 2. The Morgan fingerprint density at radius 1 is 0.931 bits per heavy atom. The normalized spacial score (nSPS) is 10.9. The van der Waals surface area contributed by atoms with Crippen LogP contribution in [0.25, 0.3) is 20.5 Å². The highest BCUT2D eigenvalue weighted by molar-refractivity contribution is 7.22. The number of hydrogen-bond acceptors (Lipinski definition) is 5. The van der Waals surface area contributed by atoms with Crippen LogP contribution >= 0.6 is 11.3 Å². The maximum atomic E-state index is 13.5. The topological polar surface area (TPSA) is 69.6 Å². The second kappa shape index (κ2) is 7.97. The van der Waals surface area contributed by atoms with Crippen molar-refractivity contribution in [1.82, 2.24) is 0 Å². The summed E-state index contributed by atoms with van der Waals surface area (Å²) in [4.78, 5) is 14.3. The Balaban J connectivity index is 1.81. The summed E-state index contributed by atoms with van der Waals surface area (Å²) in [6, 6.07) is 19.4. The van der Waals surface area contributed by atoms with E-state index in [0.29, 0.717) is 11.1 Å². The van der Waals surface area contributed by atoms with E-state index >= 15 is 0 Å². The van der Waals surface area contributed by atoms with Gasteiger partial charge in [-0.2, -0.15) is 0 Å². The van der Waals surface area contributed by atoms with E-state index in [1.807, 2.05) is 24.3 Å². The standard InChI is InChI=1S/C24H21NO3S/c1-2-13-25-17-7-3-15(4-8-17)23(28)22-20-12-11-19(27)14-21(20)29-24(22)16-5-9-18(26)10-6-16/h3-12,14,25-27H,2,13H2,1H3. The van der Waals surface area contributed by atoms with Crippen molar-refractivity contribution in [3.63, 3.8) is 0 Å². The fraction of sp³-hybridized carbons (Fsp3) is 0.125. The summed E-state index contributed by atoms with van der Waals surface area (Å²) in [7, 11) is 0. The molecule has 0 fully saturated rings. The van der Waals surface area contributed by atoms with Crippen LogP contribution in [-0.2, 0) is 0 Å². The van der Waals surface area contributed by atoms with Crippen LogP contribution < -0.4 is 5.32 Å². The Kier molecular flexibility index (Phi) is 5.23. The summed E-state index contributed by atoms with van der Waals surface area (Å²) in [6.45, 7) is 2.99. The molecule has 3 aromatic carbocycles. The van der Waals surface area contributed by atoms with Crippen molar-refractivity contribution < 1.29 is 15.0 Å². The number of hydrogen-bond donors (Lipinski definition) is 3. The molecule has 146 valence electrons. The second-order valence-corrected chi connectivity index (χ2v) is 7.92. The molecule has 5 heteroatoms. The zero-order chi connectivity index (χ0) is 20.4. The number of phenolic OH excluding ortho intramolecular Hbond substituents is 2. The number of carbonyl (C=O) groups excluding carboxylic acids is 1. The zero-order valence-corrected chi connectivity index (χ0v) is 16.8. The highest BCUT2D eigenvalue weighted by atomic mass is 32.1. The van der Waals surface area contributed by atoms with Gasteiger partial charge < -0.3 is 15.5 Å². The van der Waals surface area contributed by atoms with Gasteiger partial charge in [-0.15, -0.1) is 11.3 Å². The van der Waals surface area contributed by atoms with Crippen molar-refractivity contribution >= 4 is 32.9 Å². The molecule has 3 N–H and O–H groups in total. The molecule has 0 unspecified atom stereocenters. The van der Waals surface area contributed by atoms with Crippen molar-refractivity contribution in [2.45, 2.75) is 13.3 Å². The smallest absolute Gasteiger partial charge is 0.195 e. The molecule has 0 atom stereocenters. The third-order valence-electron chi connectivity index (χ3n) is 4.76. The van der Waals surface area contributed by atoms with Crippen molar-refractivity contribution in [2.24, 2.45) is 0 Å². The average Bonchev–Trinajstić information content (AvgIpc) is 3.11. The lowest BCUT2D eigenvalue weighted by Gasteiger charge is -2.08. The van der Waals surface area contributed by atoms with E-state index in [-0.39, 0.29) is 17.3 Å². The van der Waals surface area contributed by atoms with Crippen LogP contribution in [0.5, 0.6) is 11.5 Å². The van der Waals surface area contributed by atoms with Gasteiger partial charge in [0.05, 0.1) is 0 Å². The Labute approximate surface area is 173 Å². The molecule has 0 saturated heterocycles. The Morgan fingerprint density at radius 2 is 1.62 bits per heavy atom. The number of benzene rings is 3. The first-order valence-corrected chi connectivity index (χ1v) is 10.3. The van der Waals surface area contributed by atoms with Crippen LogP contribution in [-0.4, -0.2) is 22.5 Å². The van der Waals surface area contributed by atoms with Gasteiger partial charge in [0.25, 0.3) is 0 Å². The molecule has 0 amide bonds. The van der Waals surface area contributed by atoms with Gasteiger partial charge in [-0.25, -0.2) is 0 Å². The minimum Gasteiger partial charge on any atom is -0.508 e. The molecule has 29 heavy (non-hydrogen) atoms. The van der Waals surface area contributed by atoms with Crippen molar-refractivity contribution in [2.75, 3.05) is 11.9 Å². The summed E-state index contributed by atoms with van der Waals surface area (Å²) >= 11 is 1.46. The maximum Gasteiger partial charge on any atom is 0.195 e. The molecule has 1 aromatic heterocycles.